The Kier molecular flexibility index (Phi) is 4.13. The molecular weight excluding hydrogens is 285 g/mol. The summed E-state index contributed by atoms with van der Waals surface area (Å²) in [6.07, 6.45) is 2.01. The largest absolute Gasteiger partial charge is 0.293 e. The lowest BCUT2D eigenvalue weighted by atomic mass is 9.99. The van der Waals surface area contributed by atoms with Crippen LogP contribution < -0.4 is 5.48 Å². The highest BCUT2D eigenvalue weighted by Gasteiger charge is 2.20. The summed E-state index contributed by atoms with van der Waals surface area (Å²) in [4.78, 5) is 17.8. The van der Waals surface area contributed by atoms with Gasteiger partial charge in [0, 0.05) is 19.6 Å². The molecule has 1 amide bonds. The van der Waals surface area contributed by atoms with E-state index in [1.807, 2.05) is 12.1 Å². The van der Waals surface area contributed by atoms with Crippen LogP contribution in [0.25, 0.3) is 0 Å². The van der Waals surface area contributed by atoms with Gasteiger partial charge in [0.1, 0.15) is 5.82 Å². The summed E-state index contributed by atoms with van der Waals surface area (Å²) in [5, 5.41) is 8.78. The predicted octanol–water partition coefficient (Wildman–Crippen LogP) is 1.90. The van der Waals surface area contributed by atoms with Crippen molar-refractivity contribution in [1.29, 1.82) is 0 Å². The predicted molar refractivity (Wildman–Crippen MR) is 77.7 cm³/mol. The fourth-order valence-corrected chi connectivity index (χ4v) is 2.75. The number of aromatic nitrogens is 1. The van der Waals surface area contributed by atoms with Crippen molar-refractivity contribution in [2.24, 2.45) is 0 Å². The quantitative estimate of drug-likeness (QED) is 0.671. The van der Waals surface area contributed by atoms with Crippen LogP contribution in [0.1, 0.15) is 27.2 Å². The summed E-state index contributed by atoms with van der Waals surface area (Å²) in [6, 6.07) is 9.32. The number of carbonyl (C=O) groups is 1. The number of hydroxylamine groups is 1. The van der Waals surface area contributed by atoms with E-state index in [0.29, 0.717) is 12.2 Å². The Labute approximate surface area is 127 Å². The molecule has 3 rings (SSSR count). The zero-order valence-corrected chi connectivity index (χ0v) is 11.9. The number of benzene rings is 1. The Morgan fingerprint density at radius 1 is 1.36 bits per heavy atom. The average Bonchev–Trinajstić information content (AvgIpc) is 2.55. The van der Waals surface area contributed by atoms with Gasteiger partial charge in [0.15, 0.2) is 0 Å². The normalized spacial score (nSPS) is 14.5. The van der Waals surface area contributed by atoms with Crippen LogP contribution in [0.3, 0.4) is 0 Å². The maximum absolute atomic E-state index is 13.3. The third-order valence-corrected chi connectivity index (χ3v) is 3.87. The van der Waals surface area contributed by atoms with Crippen LogP contribution in [0.2, 0.25) is 0 Å². The summed E-state index contributed by atoms with van der Waals surface area (Å²) in [5.74, 6) is -1.36. The van der Waals surface area contributed by atoms with Gasteiger partial charge in [-0.2, -0.15) is 0 Å². The van der Waals surface area contributed by atoms with E-state index < -0.39 is 11.7 Å². The third-order valence-electron chi connectivity index (χ3n) is 3.87. The first-order chi connectivity index (χ1) is 10.7. The summed E-state index contributed by atoms with van der Waals surface area (Å²) < 4.78 is 13.3. The fraction of sp³-hybridized carbons (Fsp3) is 0.250. The molecule has 0 saturated carbocycles. The number of rotatable bonds is 3. The smallest absolute Gasteiger partial charge is 0.276 e. The minimum Gasteiger partial charge on any atom is -0.293 e. The Bertz CT molecular complexity index is 706. The number of hydrogen-bond donors (Lipinski definition) is 2. The summed E-state index contributed by atoms with van der Waals surface area (Å²) >= 11 is 0. The van der Waals surface area contributed by atoms with Crippen molar-refractivity contribution in [2.75, 3.05) is 6.54 Å². The van der Waals surface area contributed by atoms with Crippen LogP contribution >= 0.6 is 0 Å². The molecular formula is C16H16FN3O2. The van der Waals surface area contributed by atoms with Gasteiger partial charge < -0.3 is 0 Å². The molecule has 1 aliphatic rings. The molecule has 1 aliphatic heterocycles. The van der Waals surface area contributed by atoms with Gasteiger partial charge in [0.2, 0.25) is 0 Å². The molecule has 0 bridgehead atoms. The highest BCUT2D eigenvalue weighted by molar-refractivity contribution is 5.94. The SMILES string of the molecule is O=C(NO)c1cc(F)cnc1CN1CCc2ccccc2C1. The van der Waals surface area contributed by atoms with Crippen molar-refractivity contribution in [3.63, 3.8) is 0 Å². The Balaban J connectivity index is 1.81. The molecule has 2 aromatic rings. The molecule has 0 unspecified atom stereocenters. The van der Waals surface area contributed by atoms with Crippen LogP contribution in [0.4, 0.5) is 4.39 Å². The molecule has 1 aromatic carbocycles. The molecule has 5 nitrogen and oxygen atoms in total. The molecule has 0 aliphatic carbocycles. The Morgan fingerprint density at radius 3 is 2.91 bits per heavy atom. The van der Waals surface area contributed by atoms with Crippen LogP contribution in [0, 0.1) is 5.82 Å². The second-order valence-electron chi connectivity index (χ2n) is 5.32. The summed E-state index contributed by atoms with van der Waals surface area (Å²) in [6.45, 7) is 2.03. The Hall–Kier alpha value is -2.31. The highest BCUT2D eigenvalue weighted by Crippen LogP contribution is 2.21. The topological polar surface area (TPSA) is 65.5 Å². The standard InChI is InChI=1S/C16H16FN3O2/c17-13-7-14(16(21)19-22)15(18-8-13)10-20-6-5-11-3-1-2-4-12(11)9-20/h1-4,7-8,22H,5-6,9-10H2,(H,19,21). The molecule has 0 radical (unpaired) electrons. The van der Waals surface area contributed by atoms with E-state index in [9.17, 15) is 9.18 Å². The lowest BCUT2D eigenvalue weighted by Crippen LogP contribution is -2.31. The second-order valence-corrected chi connectivity index (χ2v) is 5.32. The number of hydrogen-bond acceptors (Lipinski definition) is 4. The minimum atomic E-state index is -0.751. The van der Waals surface area contributed by atoms with Gasteiger partial charge in [0.05, 0.1) is 17.5 Å². The molecule has 2 N–H and O–H groups in total. The fourth-order valence-electron chi connectivity index (χ4n) is 2.75. The first-order valence-corrected chi connectivity index (χ1v) is 7.05. The number of pyridine rings is 1. The van der Waals surface area contributed by atoms with Gasteiger partial charge in [-0.05, 0) is 23.6 Å². The zero-order valence-electron chi connectivity index (χ0n) is 11.9. The van der Waals surface area contributed by atoms with Crippen molar-refractivity contribution in [3.05, 3.63) is 64.7 Å². The van der Waals surface area contributed by atoms with Crippen molar-refractivity contribution >= 4 is 5.91 Å². The van der Waals surface area contributed by atoms with E-state index in [2.05, 4.69) is 22.0 Å². The van der Waals surface area contributed by atoms with E-state index >= 15 is 0 Å². The van der Waals surface area contributed by atoms with Gasteiger partial charge in [-0.1, -0.05) is 24.3 Å². The molecule has 0 atom stereocenters. The molecule has 6 heteroatoms. The summed E-state index contributed by atoms with van der Waals surface area (Å²) in [7, 11) is 0. The average molecular weight is 301 g/mol. The molecule has 22 heavy (non-hydrogen) atoms. The molecule has 2 heterocycles. The first-order valence-electron chi connectivity index (χ1n) is 7.05. The van der Waals surface area contributed by atoms with Crippen LogP contribution in [0.15, 0.2) is 36.5 Å². The van der Waals surface area contributed by atoms with Gasteiger partial charge >= 0.3 is 0 Å². The van der Waals surface area contributed by atoms with Gasteiger partial charge in [-0.25, -0.2) is 9.87 Å². The van der Waals surface area contributed by atoms with Gasteiger partial charge in [-0.3, -0.25) is 19.9 Å². The molecule has 114 valence electrons. The monoisotopic (exact) mass is 301 g/mol. The Morgan fingerprint density at radius 2 is 2.14 bits per heavy atom. The molecule has 0 spiro atoms. The third kappa shape index (κ3) is 2.98. The first kappa shape index (κ1) is 14.6. The number of carbonyl (C=O) groups excluding carboxylic acids is 1. The second kappa shape index (κ2) is 6.21. The van der Waals surface area contributed by atoms with E-state index in [1.54, 1.807) is 0 Å². The van der Waals surface area contributed by atoms with Crippen molar-refractivity contribution in [1.82, 2.24) is 15.4 Å². The lowest BCUT2D eigenvalue weighted by Gasteiger charge is -2.28. The maximum Gasteiger partial charge on any atom is 0.276 e. The van der Waals surface area contributed by atoms with E-state index in [-0.39, 0.29) is 5.56 Å². The number of nitrogens with zero attached hydrogens (tertiary/aromatic N) is 2. The zero-order chi connectivity index (χ0) is 15.5. The number of halogens is 1. The minimum absolute atomic E-state index is 0.0568. The van der Waals surface area contributed by atoms with Crippen molar-refractivity contribution in [2.45, 2.75) is 19.5 Å². The van der Waals surface area contributed by atoms with E-state index in [0.717, 1.165) is 31.8 Å². The highest BCUT2D eigenvalue weighted by atomic mass is 19.1. The molecule has 0 saturated heterocycles. The van der Waals surface area contributed by atoms with Gasteiger partial charge in [0.25, 0.3) is 5.91 Å². The molecule has 1 aromatic heterocycles. The van der Waals surface area contributed by atoms with Crippen LogP contribution in [-0.4, -0.2) is 27.5 Å². The maximum atomic E-state index is 13.3. The van der Waals surface area contributed by atoms with E-state index in [4.69, 9.17) is 5.21 Å². The number of amides is 1. The van der Waals surface area contributed by atoms with E-state index in [1.165, 1.54) is 16.6 Å². The molecule has 0 fully saturated rings. The van der Waals surface area contributed by atoms with Crippen LogP contribution in [-0.2, 0) is 19.5 Å². The van der Waals surface area contributed by atoms with Crippen molar-refractivity contribution < 1.29 is 14.4 Å². The van der Waals surface area contributed by atoms with Gasteiger partial charge in [-0.15, -0.1) is 0 Å². The van der Waals surface area contributed by atoms with Crippen LogP contribution in [0.5, 0.6) is 0 Å². The van der Waals surface area contributed by atoms with Crippen molar-refractivity contribution in [3.8, 4) is 0 Å². The number of fused-ring (bicyclic) bond motifs is 1. The summed E-state index contributed by atoms with van der Waals surface area (Å²) in [5.41, 5.74) is 4.63. The number of nitrogens with one attached hydrogen (secondary N) is 1. The lowest BCUT2D eigenvalue weighted by molar-refractivity contribution is 0.0702.